The van der Waals surface area contributed by atoms with Gasteiger partial charge in [0.05, 0.1) is 12.8 Å². The van der Waals surface area contributed by atoms with Crippen LogP contribution in [-0.4, -0.2) is 7.05 Å². The molecule has 0 bridgehead atoms. The smallest absolute Gasteiger partial charge is 0.124 e. The minimum atomic E-state index is 0.540. The number of benzene rings is 1. The van der Waals surface area contributed by atoms with Crippen molar-refractivity contribution in [2.75, 3.05) is 7.05 Å². The molecule has 1 aromatic carbocycles. The zero-order valence-electron chi connectivity index (χ0n) is 10.2. The number of hydrogen-bond donors (Lipinski definition) is 1. The molecule has 0 unspecified atom stereocenters. The van der Waals surface area contributed by atoms with Gasteiger partial charge < -0.3 is 14.5 Å². The average molecular weight is 231 g/mol. The van der Waals surface area contributed by atoms with Gasteiger partial charge in [0.25, 0.3) is 0 Å². The maximum absolute atomic E-state index is 5.78. The molecule has 0 aliphatic rings. The number of rotatable bonds is 5. The Morgan fingerprint density at radius 3 is 2.82 bits per heavy atom. The van der Waals surface area contributed by atoms with Crippen LogP contribution in [0.25, 0.3) is 0 Å². The molecular formula is C14H17NO2. The first-order chi connectivity index (χ1) is 8.31. The Hall–Kier alpha value is -1.74. The third-order valence-corrected chi connectivity index (χ3v) is 2.65. The molecular weight excluding hydrogens is 214 g/mol. The fourth-order valence-corrected chi connectivity index (χ4v) is 1.69. The number of hydrogen-bond acceptors (Lipinski definition) is 3. The van der Waals surface area contributed by atoms with Crippen LogP contribution in [-0.2, 0) is 13.2 Å². The third kappa shape index (κ3) is 2.88. The van der Waals surface area contributed by atoms with Gasteiger partial charge in [-0.15, -0.1) is 0 Å². The number of furan rings is 1. The zero-order valence-corrected chi connectivity index (χ0v) is 10.2. The van der Waals surface area contributed by atoms with Gasteiger partial charge in [-0.2, -0.15) is 0 Å². The fourth-order valence-electron chi connectivity index (χ4n) is 1.69. The summed E-state index contributed by atoms with van der Waals surface area (Å²) in [6.07, 6.45) is 1.70. The van der Waals surface area contributed by atoms with E-state index in [1.54, 1.807) is 6.26 Å². The van der Waals surface area contributed by atoms with E-state index in [-0.39, 0.29) is 0 Å². The Kier molecular flexibility index (Phi) is 3.83. The van der Waals surface area contributed by atoms with Gasteiger partial charge in [0.15, 0.2) is 0 Å². The molecule has 90 valence electrons. The van der Waals surface area contributed by atoms with E-state index in [1.807, 2.05) is 44.3 Å². The van der Waals surface area contributed by atoms with Gasteiger partial charge in [0, 0.05) is 5.56 Å². The van der Waals surface area contributed by atoms with E-state index in [2.05, 4.69) is 5.32 Å². The number of nitrogens with one attached hydrogen (secondary N) is 1. The Labute approximate surface area is 101 Å². The molecule has 3 nitrogen and oxygen atoms in total. The molecule has 0 aliphatic heterocycles. The van der Waals surface area contributed by atoms with Crippen LogP contribution in [0.3, 0.4) is 0 Å². The zero-order chi connectivity index (χ0) is 12.1. The van der Waals surface area contributed by atoms with E-state index in [0.29, 0.717) is 6.61 Å². The van der Waals surface area contributed by atoms with Gasteiger partial charge in [-0.25, -0.2) is 0 Å². The van der Waals surface area contributed by atoms with Crippen LogP contribution < -0.4 is 10.1 Å². The van der Waals surface area contributed by atoms with Crippen molar-refractivity contribution in [2.45, 2.75) is 20.1 Å². The van der Waals surface area contributed by atoms with Crippen molar-refractivity contribution >= 4 is 0 Å². The normalized spacial score (nSPS) is 10.5. The number of para-hydroxylation sites is 1. The Balaban J connectivity index is 2.02. The Bertz CT molecular complexity index is 477. The summed E-state index contributed by atoms with van der Waals surface area (Å²) in [4.78, 5) is 0. The highest BCUT2D eigenvalue weighted by Crippen LogP contribution is 2.19. The van der Waals surface area contributed by atoms with Gasteiger partial charge in [0.2, 0.25) is 0 Å². The monoisotopic (exact) mass is 231 g/mol. The van der Waals surface area contributed by atoms with E-state index in [1.165, 1.54) is 0 Å². The second kappa shape index (κ2) is 5.55. The molecule has 3 heteroatoms. The van der Waals surface area contributed by atoms with Crippen molar-refractivity contribution in [3.8, 4) is 5.75 Å². The molecule has 0 atom stereocenters. The van der Waals surface area contributed by atoms with E-state index >= 15 is 0 Å². The molecule has 1 aromatic heterocycles. The van der Waals surface area contributed by atoms with Crippen molar-refractivity contribution in [3.05, 3.63) is 53.5 Å². The van der Waals surface area contributed by atoms with Crippen molar-refractivity contribution in [2.24, 2.45) is 0 Å². The van der Waals surface area contributed by atoms with Gasteiger partial charge in [0.1, 0.15) is 18.1 Å². The van der Waals surface area contributed by atoms with Crippen LogP contribution in [0.5, 0.6) is 5.75 Å². The quantitative estimate of drug-likeness (QED) is 0.859. The Morgan fingerprint density at radius 2 is 2.06 bits per heavy atom. The first-order valence-corrected chi connectivity index (χ1v) is 5.69. The van der Waals surface area contributed by atoms with Crippen molar-refractivity contribution in [1.29, 1.82) is 0 Å². The maximum Gasteiger partial charge on any atom is 0.124 e. The average Bonchev–Trinajstić information content (AvgIpc) is 2.76. The van der Waals surface area contributed by atoms with Crippen LogP contribution in [0.2, 0.25) is 0 Å². The lowest BCUT2D eigenvalue weighted by Crippen LogP contribution is -2.07. The molecule has 0 fully saturated rings. The molecule has 1 heterocycles. The van der Waals surface area contributed by atoms with Crippen LogP contribution in [0.1, 0.15) is 16.9 Å². The van der Waals surface area contributed by atoms with Gasteiger partial charge >= 0.3 is 0 Å². The highest BCUT2D eigenvalue weighted by Gasteiger charge is 2.06. The lowest BCUT2D eigenvalue weighted by Gasteiger charge is -2.08. The summed E-state index contributed by atoms with van der Waals surface area (Å²) >= 11 is 0. The molecule has 2 rings (SSSR count). The van der Waals surface area contributed by atoms with Crippen molar-refractivity contribution < 1.29 is 9.15 Å². The summed E-state index contributed by atoms with van der Waals surface area (Å²) in [6.45, 7) is 3.30. The molecule has 17 heavy (non-hydrogen) atoms. The molecule has 0 saturated heterocycles. The summed E-state index contributed by atoms with van der Waals surface area (Å²) in [5, 5.41) is 3.07. The van der Waals surface area contributed by atoms with Gasteiger partial charge in [-0.3, -0.25) is 0 Å². The topological polar surface area (TPSA) is 34.4 Å². The lowest BCUT2D eigenvalue weighted by atomic mass is 10.2. The molecule has 0 radical (unpaired) electrons. The Morgan fingerprint density at radius 1 is 1.24 bits per heavy atom. The summed E-state index contributed by atoms with van der Waals surface area (Å²) < 4.78 is 11.2. The van der Waals surface area contributed by atoms with E-state index < -0.39 is 0 Å². The lowest BCUT2D eigenvalue weighted by molar-refractivity contribution is 0.299. The molecule has 2 aromatic rings. The fraction of sp³-hybridized carbons (Fsp3) is 0.286. The van der Waals surface area contributed by atoms with Gasteiger partial charge in [-0.1, -0.05) is 18.2 Å². The molecule has 0 aliphatic carbocycles. The van der Waals surface area contributed by atoms with E-state index in [9.17, 15) is 0 Å². The van der Waals surface area contributed by atoms with E-state index in [0.717, 1.165) is 29.2 Å². The third-order valence-electron chi connectivity index (χ3n) is 2.65. The van der Waals surface area contributed by atoms with Crippen LogP contribution in [0.15, 0.2) is 41.0 Å². The molecule has 0 spiro atoms. The summed E-state index contributed by atoms with van der Waals surface area (Å²) in [5.74, 6) is 1.85. The van der Waals surface area contributed by atoms with Crippen LogP contribution >= 0.6 is 0 Å². The second-order valence-electron chi connectivity index (χ2n) is 3.95. The largest absolute Gasteiger partial charge is 0.489 e. The van der Waals surface area contributed by atoms with Gasteiger partial charge in [-0.05, 0) is 31.7 Å². The predicted molar refractivity (Wildman–Crippen MR) is 67.0 cm³/mol. The van der Waals surface area contributed by atoms with Crippen LogP contribution in [0, 0.1) is 6.92 Å². The SMILES string of the molecule is CNCc1occc1COc1ccccc1C. The second-order valence-corrected chi connectivity index (χ2v) is 3.95. The van der Waals surface area contributed by atoms with Crippen LogP contribution in [0.4, 0.5) is 0 Å². The maximum atomic E-state index is 5.78. The summed E-state index contributed by atoms with van der Waals surface area (Å²) in [6, 6.07) is 9.95. The first-order valence-electron chi connectivity index (χ1n) is 5.69. The highest BCUT2D eigenvalue weighted by atomic mass is 16.5. The first kappa shape index (κ1) is 11.7. The summed E-state index contributed by atoms with van der Waals surface area (Å²) in [7, 11) is 1.90. The highest BCUT2D eigenvalue weighted by molar-refractivity contribution is 5.32. The van der Waals surface area contributed by atoms with E-state index in [4.69, 9.17) is 9.15 Å². The molecule has 0 saturated carbocycles. The summed E-state index contributed by atoms with van der Waals surface area (Å²) in [5.41, 5.74) is 2.23. The van der Waals surface area contributed by atoms with Crippen molar-refractivity contribution in [3.63, 3.8) is 0 Å². The minimum Gasteiger partial charge on any atom is -0.489 e. The standard InChI is InChI=1S/C14H17NO2/c1-11-5-3-4-6-13(11)17-10-12-7-8-16-14(12)9-15-2/h3-8,15H,9-10H2,1-2H3. The number of aryl methyl sites for hydroxylation is 1. The number of ether oxygens (including phenoxy) is 1. The molecule has 0 amide bonds. The predicted octanol–water partition coefficient (Wildman–Crippen LogP) is 2.89. The molecule has 1 N–H and O–H groups in total. The van der Waals surface area contributed by atoms with Crippen molar-refractivity contribution in [1.82, 2.24) is 5.32 Å². The minimum absolute atomic E-state index is 0.540.